The van der Waals surface area contributed by atoms with Gasteiger partial charge in [0.1, 0.15) is 10.8 Å². The Labute approximate surface area is 130 Å². The molecule has 0 aliphatic carbocycles. The van der Waals surface area contributed by atoms with Crippen LogP contribution in [0.2, 0.25) is 0 Å². The Hall–Kier alpha value is -1.93. The second-order valence-electron chi connectivity index (χ2n) is 4.25. The molecule has 0 spiro atoms. The van der Waals surface area contributed by atoms with Gasteiger partial charge >= 0.3 is 0 Å². The average Bonchev–Trinajstić information content (AvgIpc) is 3.14. The zero-order chi connectivity index (χ0) is 14.7. The summed E-state index contributed by atoms with van der Waals surface area (Å²) in [5.41, 5.74) is 2.08. The van der Waals surface area contributed by atoms with E-state index in [9.17, 15) is 0 Å². The fraction of sp³-hybridized carbons (Fsp3) is 0.231. The number of ether oxygens (including phenoxy) is 1. The first kappa shape index (κ1) is 14.0. The highest BCUT2D eigenvalue weighted by atomic mass is 32.2. The van der Waals surface area contributed by atoms with Crippen LogP contribution in [0, 0.1) is 0 Å². The van der Waals surface area contributed by atoms with Gasteiger partial charge in [0.2, 0.25) is 5.16 Å². The SMILES string of the molecule is COc1cccc(-c2nc(CSc3nnnn3C)cs2)c1. The van der Waals surface area contributed by atoms with E-state index in [1.807, 2.05) is 31.3 Å². The van der Waals surface area contributed by atoms with Gasteiger partial charge < -0.3 is 4.74 Å². The van der Waals surface area contributed by atoms with Crippen LogP contribution in [0.3, 0.4) is 0 Å². The molecular weight excluding hydrogens is 306 g/mol. The predicted octanol–water partition coefficient (Wildman–Crippen LogP) is 2.63. The van der Waals surface area contributed by atoms with Crippen molar-refractivity contribution in [1.82, 2.24) is 25.2 Å². The molecule has 8 heteroatoms. The maximum atomic E-state index is 5.24. The molecule has 0 atom stereocenters. The number of thioether (sulfide) groups is 1. The molecular formula is C13H13N5OS2. The van der Waals surface area contributed by atoms with Crippen LogP contribution in [-0.2, 0) is 12.8 Å². The van der Waals surface area contributed by atoms with Crippen LogP contribution in [0.25, 0.3) is 10.6 Å². The van der Waals surface area contributed by atoms with Crippen LogP contribution < -0.4 is 4.74 Å². The van der Waals surface area contributed by atoms with E-state index in [-0.39, 0.29) is 0 Å². The van der Waals surface area contributed by atoms with E-state index < -0.39 is 0 Å². The lowest BCUT2D eigenvalue weighted by Crippen LogP contribution is -1.93. The lowest BCUT2D eigenvalue weighted by molar-refractivity contribution is 0.415. The number of benzene rings is 1. The minimum atomic E-state index is 0.745. The number of nitrogens with zero attached hydrogens (tertiary/aromatic N) is 5. The molecule has 0 fully saturated rings. The first-order valence-electron chi connectivity index (χ1n) is 6.20. The minimum Gasteiger partial charge on any atom is -0.497 e. The van der Waals surface area contributed by atoms with Gasteiger partial charge in [-0.3, -0.25) is 0 Å². The van der Waals surface area contributed by atoms with Crippen molar-refractivity contribution in [2.75, 3.05) is 7.11 Å². The Kier molecular flexibility index (Phi) is 4.16. The molecule has 2 aromatic heterocycles. The number of aryl methyl sites for hydroxylation is 1. The molecule has 0 radical (unpaired) electrons. The van der Waals surface area contributed by atoms with Crippen LogP contribution in [-0.4, -0.2) is 32.3 Å². The largest absolute Gasteiger partial charge is 0.497 e. The zero-order valence-electron chi connectivity index (χ0n) is 11.6. The van der Waals surface area contributed by atoms with Crippen LogP contribution in [0.1, 0.15) is 5.69 Å². The van der Waals surface area contributed by atoms with E-state index in [0.717, 1.165) is 32.9 Å². The molecule has 0 bridgehead atoms. The summed E-state index contributed by atoms with van der Waals surface area (Å²) in [7, 11) is 3.49. The Bertz CT molecular complexity index is 740. The summed E-state index contributed by atoms with van der Waals surface area (Å²) in [5, 5.41) is 15.2. The van der Waals surface area contributed by atoms with Crippen molar-refractivity contribution in [2.45, 2.75) is 10.9 Å². The molecule has 21 heavy (non-hydrogen) atoms. The summed E-state index contributed by atoms with van der Waals surface area (Å²) < 4.78 is 6.89. The number of rotatable bonds is 5. The standard InChI is InChI=1S/C13H13N5OS2/c1-18-13(15-16-17-18)21-8-10-7-20-12(14-10)9-4-3-5-11(6-9)19-2/h3-7H,8H2,1-2H3. The van der Waals surface area contributed by atoms with Gasteiger partial charge in [0.25, 0.3) is 0 Å². The number of hydrogen-bond donors (Lipinski definition) is 0. The first-order valence-corrected chi connectivity index (χ1v) is 8.07. The third kappa shape index (κ3) is 3.22. The van der Waals surface area contributed by atoms with Crippen LogP contribution >= 0.6 is 23.1 Å². The Morgan fingerprint density at radius 3 is 3.05 bits per heavy atom. The van der Waals surface area contributed by atoms with Gasteiger partial charge in [-0.2, -0.15) is 0 Å². The summed E-state index contributed by atoms with van der Waals surface area (Å²) >= 11 is 3.19. The highest BCUT2D eigenvalue weighted by Crippen LogP contribution is 2.28. The van der Waals surface area contributed by atoms with Crippen molar-refractivity contribution in [3.8, 4) is 16.3 Å². The lowest BCUT2D eigenvalue weighted by Gasteiger charge is -2.01. The van der Waals surface area contributed by atoms with E-state index in [1.54, 1.807) is 34.9 Å². The normalized spacial score (nSPS) is 10.8. The van der Waals surface area contributed by atoms with E-state index >= 15 is 0 Å². The molecule has 0 saturated carbocycles. The van der Waals surface area contributed by atoms with Gasteiger partial charge in [0.05, 0.1) is 12.8 Å². The minimum absolute atomic E-state index is 0.745. The third-order valence-corrected chi connectivity index (χ3v) is 4.78. The van der Waals surface area contributed by atoms with Crippen molar-refractivity contribution < 1.29 is 4.74 Å². The van der Waals surface area contributed by atoms with Gasteiger partial charge in [0.15, 0.2) is 0 Å². The monoisotopic (exact) mass is 319 g/mol. The molecule has 1 aromatic carbocycles. The predicted molar refractivity (Wildman–Crippen MR) is 82.5 cm³/mol. The van der Waals surface area contributed by atoms with Crippen molar-refractivity contribution in [1.29, 1.82) is 0 Å². The maximum absolute atomic E-state index is 5.24. The van der Waals surface area contributed by atoms with E-state index in [2.05, 4.69) is 25.9 Å². The molecule has 0 unspecified atom stereocenters. The van der Waals surface area contributed by atoms with Crippen LogP contribution in [0.4, 0.5) is 0 Å². The van der Waals surface area contributed by atoms with E-state index in [0.29, 0.717) is 0 Å². The molecule has 0 amide bonds. The number of aromatic nitrogens is 5. The smallest absolute Gasteiger partial charge is 0.209 e. The second-order valence-corrected chi connectivity index (χ2v) is 6.05. The summed E-state index contributed by atoms with van der Waals surface area (Å²) in [6, 6.07) is 7.91. The molecule has 6 nitrogen and oxygen atoms in total. The number of methoxy groups -OCH3 is 1. The van der Waals surface area contributed by atoms with Gasteiger partial charge in [-0.1, -0.05) is 23.9 Å². The quantitative estimate of drug-likeness (QED) is 0.674. The summed E-state index contributed by atoms with van der Waals surface area (Å²) in [4.78, 5) is 4.65. The molecule has 3 aromatic rings. The zero-order valence-corrected chi connectivity index (χ0v) is 13.2. The molecule has 0 saturated heterocycles. The number of hydrogen-bond acceptors (Lipinski definition) is 7. The molecule has 0 N–H and O–H groups in total. The molecule has 0 aliphatic rings. The summed E-state index contributed by atoms with van der Waals surface area (Å²) in [6.45, 7) is 0. The van der Waals surface area contributed by atoms with Crippen LogP contribution in [0.15, 0.2) is 34.8 Å². The lowest BCUT2D eigenvalue weighted by atomic mass is 10.2. The molecule has 0 aliphatic heterocycles. The van der Waals surface area contributed by atoms with Gasteiger partial charge in [-0.15, -0.1) is 16.4 Å². The van der Waals surface area contributed by atoms with Crippen molar-refractivity contribution >= 4 is 23.1 Å². The molecule has 2 heterocycles. The Morgan fingerprint density at radius 2 is 2.29 bits per heavy atom. The van der Waals surface area contributed by atoms with E-state index in [1.165, 1.54) is 0 Å². The first-order chi connectivity index (χ1) is 10.3. The summed E-state index contributed by atoms with van der Waals surface area (Å²) in [6.07, 6.45) is 0. The van der Waals surface area contributed by atoms with Gasteiger partial charge in [0, 0.05) is 23.7 Å². The van der Waals surface area contributed by atoms with Crippen LogP contribution in [0.5, 0.6) is 5.75 Å². The second kappa shape index (κ2) is 6.23. The molecule has 108 valence electrons. The van der Waals surface area contributed by atoms with Gasteiger partial charge in [-0.25, -0.2) is 9.67 Å². The Balaban J connectivity index is 1.72. The number of tetrazole rings is 1. The van der Waals surface area contributed by atoms with E-state index in [4.69, 9.17) is 4.74 Å². The van der Waals surface area contributed by atoms with Gasteiger partial charge in [-0.05, 0) is 22.6 Å². The topological polar surface area (TPSA) is 65.7 Å². The van der Waals surface area contributed by atoms with Crippen molar-refractivity contribution in [3.63, 3.8) is 0 Å². The highest BCUT2D eigenvalue weighted by Gasteiger charge is 2.08. The van der Waals surface area contributed by atoms with Crippen molar-refractivity contribution in [2.24, 2.45) is 7.05 Å². The Morgan fingerprint density at radius 1 is 1.38 bits per heavy atom. The fourth-order valence-electron chi connectivity index (χ4n) is 1.74. The van der Waals surface area contributed by atoms with Crippen molar-refractivity contribution in [3.05, 3.63) is 35.3 Å². The fourth-order valence-corrected chi connectivity index (χ4v) is 3.41. The number of thiazole rings is 1. The molecule has 3 rings (SSSR count). The third-order valence-electron chi connectivity index (χ3n) is 2.80. The summed E-state index contributed by atoms with van der Waals surface area (Å²) in [5.74, 6) is 1.58. The average molecular weight is 319 g/mol. The maximum Gasteiger partial charge on any atom is 0.209 e. The highest BCUT2D eigenvalue weighted by molar-refractivity contribution is 7.98.